The quantitative estimate of drug-likeness (QED) is 0.624. The Bertz CT molecular complexity index is 512. The Kier molecular flexibility index (Phi) is 5.20. The predicted octanol–water partition coefficient (Wildman–Crippen LogP) is 5.40. The van der Waals surface area contributed by atoms with Gasteiger partial charge in [0.05, 0.1) is 0 Å². The molecule has 0 saturated carbocycles. The Labute approximate surface area is 130 Å². The van der Waals surface area contributed by atoms with Crippen molar-refractivity contribution in [3.63, 3.8) is 0 Å². The molecular formula is C18H25ClGe. The number of hydrogen-bond donors (Lipinski definition) is 0. The molecule has 0 atom stereocenters. The molecule has 0 unspecified atom stereocenters. The van der Waals surface area contributed by atoms with E-state index in [1.807, 2.05) is 0 Å². The van der Waals surface area contributed by atoms with Gasteiger partial charge in [0.15, 0.2) is 0 Å². The Morgan fingerprint density at radius 1 is 0.750 bits per heavy atom. The maximum atomic E-state index is 7.45. The number of hydrogen-bond acceptors (Lipinski definition) is 0. The molecule has 0 aromatic heterocycles. The van der Waals surface area contributed by atoms with Gasteiger partial charge in [0.25, 0.3) is 0 Å². The summed E-state index contributed by atoms with van der Waals surface area (Å²) in [6.07, 6.45) is 4.47. The van der Waals surface area contributed by atoms with Crippen molar-refractivity contribution in [3.05, 3.63) is 50.3 Å². The van der Waals surface area contributed by atoms with Crippen LogP contribution in [0.1, 0.15) is 53.4 Å². The third-order valence-electron chi connectivity index (χ3n) is 4.51. The van der Waals surface area contributed by atoms with E-state index in [-0.39, 0.29) is 0 Å². The zero-order chi connectivity index (χ0) is 14.8. The van der Waals surface area contributed by atoms with Crippen LogP contribution in [0.2, 0.25) is 0 Å². The van der Waals surface area contributed by atoms with Crippen molar-refractivity contribution in [2.45, 2.75) is 53.4 Å². The molecule has 108 valence electrons. The summed E-state index contributed by atoms with van der Waals surface area (Å²) in [7, 11) is 7.45. The molecule has 1 heterocycles. The van der Waals surface area contributed by atoms with Crippen molar-refractivity contribution < 1.29 is 0 Å². The third kappa shape index (κ3) is 2.31. The van der Waals surface area contributed by atoms with Gasteiger partial charge >= 0.3 is 130 Å². The summed E-state index contributed by atoms with van der Waals surface area (Å²) in [5, 5.41) is 0. The van der Waals surface area contributed by atoms with E-state index in [0.29, 0.717) is 0 Å². The zero-order valence-electron chi connectivity index (χ0n) is 13.1. The molecule has 0 fully saturated rings. The van der Waals surface area contributed by atoms with Crippen molar-refractivity contribution in [1.29, 1.82) is 0 Å². The van der Waals surface area contributed by atoms with Gasteiger partial charge in [-0.25, -0.2) is 0 Å². The van der Waals surface area contributed by atoms with E-state index in [2.05, 4.69) is 58.0 Å². The topological polar surface area (TPSA) is 0 Å². The first-order chi connectivity index (χ1) is 9.64. The molecule has 0 saturated heterocycles. The van der Waals surface area contributed by atoms with Gasteiger partial charge in [-0.3, -0.25) is 0 Å². The van der Waals surface area contributed by atoms with Crippen LogP contribution in [-0.4, -0.2) is 12.3 Å². The third-order valence-corrected chi connectivity index (χ3v) is 16.6. The van der Waals surface area contributed by atoms with Crippen molar-refractivity contribution in [1.82, 2.24) is 0 Å². The SMILES string of the molecule is CCC1=[C](CC)[Ge]([Cl])([c]2ccccc2)[C](CC)=C1CC. The Morgan fingerprint density at radius 2 is 1.20 bits per heavy atom. The second-order valence-corrected chi connectivity index (χ2v) is 14.8. The van der Waals surface area contributed by atoms with Crippen LogP contribution in [0.3, 0.4) is 0 Å². The number of benzene rings is 1. The summed E-state index contributed by atoms with van der Waals surface area (Å²) < 4.78 is 4.63. The molecule has 2 rings (SSSR count). The molecule has 1 aliphatic rings. The molecule has 2 heteroatoms. The summed E-state index contributed by atoms with van der Waals surface area (Å²) in [6, 6.07) is 10.9. The van der Waals surface area contributed by atoms with Crippen LogP contribution in [0.15, 0.2) is 50.3 Å². The normalized spacial score (nSPS) is 18.1. The summed E-state index contributed by atoms with van der Waals surface area (Å²) in [4.78, 5) is 0. The van der Waals surface area contributed by atoms with Crippen LogP contribution in [0.5, 0.6) is 0 Å². The van der Waals surface area contributed by atoms with Crippen molar-refractivity contribution in [2.24, 2.45) is 0 Å². The van der Waals surface area contributed by atoms with Crippen molar-refractivity contribution in [2.75, 3.05) is 0 Å². The van der Waals surface area contributed by atoms with Crippen LogP contribution in [0.4, 0.5) is 0 Å². The van der Waals surface area contributed by atoms with Gasteiger partial charge in [-0.1, -0.05) is 0 Å². The first kappa shape index (κ1) is 15.9. The summed E-state index contributed by atoms with van der Waals surface area (Å²) in [6.45, 7) is 9.12. The number of halogens is 1. The summed E-state index contributed by atoms with van der Waals surface area (Å²) in [5.74, 6) is 0. The van der Waals surface area contributed by atoms with Gasteiger partial charge in [-0.2, -0.15) is 0 Å². The molecule has 1 aromatic carbocycles. The standard InChI is InChI=1S/C18H25ClGe/c1-5-15-16(6-2)18(8-4)20(19,17(15)7-3)14-12-10-9-11-13-14/h9-13H,5-8H2,1-4H3. The fourth-order valence-corrected chi connectivity index (χ4v) is 15.7. The first-order valence-corrected chi connectivity index (χ1v) is 13.7. The second kappa shape index (κ2) is 6.53. The average Bonchev–Trinajstić information content (AvgIpc) is 2.75. The van der Waals surface area contributed by atoms with Crippen molar-refractivity contribution in [3.8, 4) is 0 Å². The van der Waals surface area contributed by atoms with E-state index in [1.165, 1.54) is 4.40 Å². The van der Waals surface area contributed by atoms with Gasteiger partial charge in [0.1, 0.15) is 0 Å². The second-order valence-electron chi connectivity index (χ2n) is 5.35. The molecule has 0 radical (unpaired) electrons. The average molecular weight is 349 g/mol. The van der Waals surface area contributed by atoms with Crippen LogP contribution in [0.25, 0.3) is 0 Å². The molecule has 0 amide bonds. The molecule has 0 spiro atoms. The number of rotatable bonds is 5. The van der Waals surface area contributed by atoms with Crippen LogP contribution in [0, 0.1) is 0 Å². The maximum absolute atomic E-state index is 7.45. The van der Waals surface area contributed by atoms with E-state index >= 15 is 0 Å². The van der Waals surface area contributed by atoms with Crippen LogP contribution >= 0.6 is 10.0 Å². The summed E-state index contributed by atoms with van der Waals surface area (Å²) in [5.41, 5.74) is 3.18. The Hall–Kier alpha value is -0.467. The predicted molar refractivity (Wildman–Crippen MR) is 92.9 cm³/mol. The van der Waals surface area contributed by atoms with Crippen LogP contribution in [-0.2, 0) is 0 Å². The van der Waals surface area contributed by atoms with E-state index < -0.39 is 12.3 Å². The molecular weight excluding hydrogens is 324 g/mol. The Morgan fingerprint density at radius 3 is 1.55 bits per heavy atom. The molecule has 0 aliphatic carbocycles. The fraction of sp³-hybridized carbons (Fsp3) is 0.444. The van der Waals surface area contributed by atoms with Gasteiger partial charge < -0.3 is 0 Å². The van der Waals surface area contributed by atoms with Gasteiger partial charge in [-0.05, 0) is 0 Å². The minimum absolute atomic E-state index is 1.11. The molecule has 0 bridgehead atoms. The van der Waals surface area contributed by atoms with Crippen molar-refractivity contribution >= 4 is 26.7 Å². The summed E-state index contributed by atoms with van der Waals surface area (Å²) >= 11 is -2.77. The van der Waals surface area contributed by atoms with Gasteiger partial charge in [-0.15, -0.1) is 0 Å². The molecule has 1 aromatic rings. The zero-order valence-corrected chi connectivity index (χ0v) is 15.9. The van der Waals surface area contributed by atoms with Gasteiger partial charge in [0.2, 0.25) is 0 Å². The molecule has 20 heavy (non-hydrogen) atoms. The monoisotopic (exact) mass is 350 g/mol. The van der Waals surface area contributed by atoms with E-state index in [9.17, 15) is 0 Å². The molecule has 1 aliphatic heterocycles. The number of allylic oxidation sites excluding steroid dienone is 4. The molecule has 0 N–H and O–H groups in total. The van der Waals surface area contributed by atoms with E-state index in [4.69, 9.17) is 10.0 Å². The van der Waals surface area contributed by atoms with E-state index in [0.717, 1.165) is 25.7 Å². The van der Waals surface area contributed by atoms with E-state index in [1.54, 1.807) is 20.0 Å². The first-order valence-electron chi connectivity index (χ1n) is 7.84. The fourth-order valence-electron chi connectivity index (χ4n) is 3.75. The van der Waals surface area contributed by atoms with Crippen LogP contribution < -0.4 is 4.40 Å². The minimum atomic E-state index is -2.77. The molecule has 0 nitrogen and oxygen atoms in total. The van der Waals surface area contributed by atoms with Gasteiger partial charge in [0, 0.05) is 0 Å². The Balaban J connectivity index is 2.71.